The predicted molar refractivity (Wildman–Crippen MR) is 144 cm³/mol. The number of halogens is 1. The third-order valence-corrected chi connectivity index (χ3v) is 7.40. The molecule has 1 aliphatic rings. The van der Waals surface area contributed by atoms with Gasteiger partial charge in [0, 0.05) is 55.3 Å². The number of likely N-dealkylation sites (tertiary alicyclic amines) is 1. The van der Waals surface area contributed by atoms with E-state index >= 15 is 0 Å². The number of pyridine rings is 1. The van der Waals surface area contributed by atoms with Crippen molar-refractivity contribution >= 4 is 44.1 Å². The number of fused-ring (bicyclic) bond motifs is 2. The fraction of sp³-hybridized carbons (Fsp3) is 0.214. The largest absolute Gasteiger partial charge is 0.366 e. The normalized spacial score (nSPS) is 14.4. The van der Waals surface area contributed by atoms with Crippen LogP contribution in [0.1, 0.15) is 40.4 Å². The standard InChI is InChI=1S/C28H25BrN6O/c29-24-18-32-35-26(31-17-19-4-3-11-30-16-19)15-25(33-27(24)35)21-9-12-34(13-10-21)28(36)23-8-7-20-5-1-2-6-22(20)14-23/h1-8,11,14-16,18,21,31H,9-10,12-13,17H2. The molecule has 1 saturated heterocycles. The zero-order valence-corrected chi connectivity index (χ0v) is 21.2. The van der Waals surface area contributed by atoms with Crippen molar-refractivity contribution in [3.8, 4) is 0 Å². The van der Waals surface area contributed by atoms with Crippen LogP contribution in [0.3, 0.4) is 0 Å². The number of aromatic nitrogens is 4. The van der Waals surface area contributed by atoms with Crippen molar-refractivity contribution in [1.29, 1.82) is 0 Å². The SMILES string of the molecule is O=C(c1ccc2ccccc2c1)N1CCC(c2cc(NCc3cccnc3)n3ncc(Br)c3n2)CC1. The molecular weight excluding hydrogens is 516 g/mol. The Morgan fingerprint density at radius 2 is 1.83 bits per heavy atom. The lowest BCUT2D eigenvalue weighted by atomic mass is 9.92. The summed E-state index contributed by atoms with van der Waals surface area (Å²) >= 11 is 3.59. The van der Waals surface area contributed by atoms with Gasteiger partial charge in [0.1, 0.15) is 5.82 Å². The van der Waals surface area contributed by atoms with Crippen LogP contribution in [0, 0.1) is 0 Å². The third kappa shape index (κ3) is 4.44. The summed E-state index contributed by atoms with van der Waals surface area (Å²) in [5.41, 5.74) is 3.65. The van der Waals surface area contributed by atoms with E-state index in [1.165, 1.54) is 0 Å². The topological polar surface area (TPSA) is 75.4 Å². The van der Waals surface area contributed by atoms with E-state index < -0.39 is 0 Å². The van der Waals surface area contributed by atoms with Gasteiger partial charge in [-0.2, -0.15) is 9.61 Å². The molecule has 4 heterocycles. The van der Waals surface area contributed by atoms with Crippen LogP contribution in [0.5, 0.6) is 0 Å². The minimum absolute atomic E-state index is 0.0972. The summed E-state index contributed by atoms with van der Waals surface area (Å²) in [7, 11) is 0. The zero-order valence-electron chi connectivity index (χ0n) is 19.6. The summed E-state index contributed by atoms with van der Waals surface area (Å²) in [4.78, 5) is 24.3. The Kier molecular flexibility index (Phi) is 6.11. The molecular formula is C28H25BrN6O. The summed E-state index contributed by atoms with van der Waals surface area (Å²) in [6, 6.07) is 20.2. The van der Waals surface area contributed by atoms with Gasteiger partial charge in [-0.1, -0.05) is 36.4 Å². The van der Waals surface area contributed by atoms with Crippen molar-refractivity contribution in [1.82, 2.24) is 24.5 Å². The molecule has 0 radical (unpaired) electrons. The van der Waals surface area contributed by atoms with Crippen molar-refractivity contribution in [3.05, 3.63) is 101 Å². The Balaban J connectivity index is 1.19. The van der Waals surface area contributed by atoms with E-state index in [1.54, 1.807) is 12.4 Å². The van der Waals surface area contributed by atoms with Gasteiger partial charge in [0.15, 0.2) is 5.65 Å². The van der Waals surface area contributed by atoms with Crippen molar-refractivity contribution in [2.24, 2.45) is 0 Å². The molecule has 5 aromatic rings. The van der Waals surface area contributed by atoms with Gasteiger partial charge >= 0.3 is 0 Å². The van der Waals surface area contributed by atoms with Crippen molar-refractivity contribution in [3.63, 3.8) is 0 Å². The van der Waals surface area contributed by atoms with Gasteiger partial charge in [0.25, 0.3) is 5.91 Å². The van der Waals surface area contributed by atoms with Crippen LogP contribution in [0.25, 0.3) is 16.4 Å². The Labute approximate surface area is 217 Å². The molecule has 2 aromatic carbocycles. The monoisotopic (exact) mass is 540 g/mol. The lowest BCUT2D eigenvalue weighted by Gasteiger charge is -2.32. The summed E-state index contributed by atoms with van der Waals surface area (Å²) < 4.78 is 2.68. The Bertz CT molecular complexity index is 1540. The fourth-order valence-electron chi connectivity index (χ4n) is 4.87. The van der Waals surface area contributed by atoms with Gasteiger partial charge in [-0.15, -0.1) is 0 Å². The highest BCUT2D eigenvalue weighted by molar-refractivity contribution is 9.10. The Morgan fingerprint density at radius 1 is 1.00 bits per heavy atom. The van der Waals surface area contributed by atoms with Gasteiger partial charge < -0.3 is 10.2 Å². The predicted octanol–water partition coefficient (Wildman–Crippen LogP) is 5.67. The Morgan fingerprint density at radius 3 is 2.64 bits per heavy atom. The van der Waals surface area contributed by atoms with Gasteiger partial charge in [0.05, 0.1) is 10.7 Å². The number of rotatable bonds is 5. The maximum atomic E-state index is 13.2. The first-order valence-electron chi connectivity index (χ1n) is 12.1. The van der Waals surface area contributed by atoms with E-state index in [2.05, 4.69) is 49.5 Å². The lowest BCUT2D eigenvalue weighted by molar-refractivity contribution is 0.0712. The van der Waals surface area contributed by atoms with E-state index in [0.717, 1.165) is 56.4 Å². The summed E-state index contributed by atoms with van der Waals surface area (Å²) in [6.45, 7) is 2.06. The third-order valence-electron chi connectivity index (χ3n) is 6.84. The average Bonchev–Trinajstić information content (AvgIpc) is 3.32. The van der Waals surface area contributed by atoms with Gasteiger partial charge in [-0.05, 0) is 63.3 Å². The summed E-state index contributed by atoms with van der Waals surface area (Å²) in [5, 5.41) is 10.2. The van der Waals surface area contributed by atoms with E-state index in [1.807, 2.05) is 58.1 Å². The van der Waals surface area contributed by atoms with Gasteiger partial charge in [-0.3, -0.25) is 9.78 Å². The molecule has 0 bridgehead atoms. The van der Waals surface area contributed by atoms with E-state index in [0.29, 0.717) is 19.6 Å². The Hall–Kier alpha value is -3.78. The summed E-state index contributed by atoms with van der Waals surface area (Å²) in [5.74, 6) is 1.26. The molecule has 0 spiro atoms. The molecule has 3 aromatic heterocycles. The number of hydrogen-bond acceptors (Lipinski definition) is 5. The van der Waals surface area contributed by atoms with E-state index in [-0.39, 0.29) is 11.8 Å². The molecule has 8 heteroatoms. The molecule has 1 N–H and O–H groups in total. The molecule has 7 nitrogen and oxygen atoms in total. The highest BCUT2D eigenvalue weighted by Crippen LogP contribution is 2.31. The van der Waals surface area contributed by atoms with Crippen LogP contribution in [-0.2, 0) is 6.54 Å². The fourth-order valence-corrected chi connectivity index (χ4v) is 5.22. The minimum Gasteiger partial charge on any atom is -0.366 e. The van der Waals surface area contributed by atoms with Crippen LogP contribution < -0.4 is 5.32 Å². The number of anilines is 1. The second-order valence-electron chi connectivity index (χ2n) is 9.14. The van der Waals surface area contributed by atoms with Crippen molar-refractivity contribution < 1.29 is 4.79 Å². The van der Waals surface area contributed by atoms with Crippen LogP contribution in [0.15, 0.2) is 83.7 Å². The van der Waals surface area contributed by atoms with Crippen LogP contribution in [0.2, 0.25) is 0 Å². The van der Waals surface area contributed by atoms with Crippen LogP contribution >= 0.6 is 15.9 Å². The van der Waals surface area contributed by atoms with Gasteiger partial charge in [0.2, 0.25) is 0 Å². The first-order valence-corrected chi connectivity index (χ1v) is 12.9. The van der Waals surface area contributed by atoms with Crippen LogP contribution in [0.4, 0.5) is 5.82 Å². The highest BCUT2D eigenvalue weighted by Gasteiger charge is 2.26. The molecule has 1 aliphatic heterocycles. The molecule has 0 saturated carbocycles. The maximum absolute atomic E-state index is 13.2. The molecule has 6 rings (SSSR count). The number of amides is 1. The molecule has 1 amide bonds. The first-order chi connectivity index (χ1) is 17.7. The first kappa shape index (κ1) is 22.7. The quantitative estimate of drug-likeness (QED) is 0.310. The smallest absolute Gasteiger partial charge is 0.253 e. The number of nitrogens with one attached hydrogen (secondary N) is 1. The number of hydrogen-bond donors (Lipinski definition) is 1. The van der Waals surface area contributed by atoms with Crippen molar-refractivity contribution in [2.45, 2.75) is 25.3 Å². The van der Waals surface area contributed by atoms with Gasteiger partial charge in [-0.25, -0.2) is 4.98 Å². The molecule has 0 aliphatic carbocycles. The minimum atomic E-state index is 0.0972. The average molecular weight is 541 g/mol. The van der Waals surface area contributed by atoms with Crippen LogP contribution in [-0.4, -0.2) is 43.5 Å². The molecule has 0 atom stereocenters. The number of carbonyl (C=O) groups is 1. The maximum Gasteiger partial charge on any atom is 0.253 e. The van der Waals surface area contributed by atoms with E-state index in [4.69, 9.17) is 4.98 Å². The number of carbonyl (C=O) groups excluding carboxylic acids is 1. The summed E-state index contributed by atoms with van der Waals surface area (Å²) in [6.07, 6.45) is 7.14. The molecule has 36 heavy (non-hydrogen) atoms. The highest BCUT2D eigenvalue weighted by atomic mass is 79.9. The molecule has 1 fully saturated rings. The number of piperidine rings is 1. The lowest BCUT2D eigenvalue weighted by Crippen LogP contribution is -2.38. The van der Waals surface area contributed by atoms with E-state index in [9.17, 15) is 4.79 Å². The molecule has 180 valence electrons. The number of nitrogens with zero attached hydrogens (tertiary/aromatic N) is 5. The molecule has 0 unspecified atom stereocenters. The van der Waals surface area contributed by atoms with Crippen molar-refractivity contribution in [2.75, 3.05) is 18.4 Å². The zero-order chi connectivity index (χ0) is 24.5. The number of benzene rings is 2. The second-order valence-corrected chi connectivity index (χ2v) is 9.99. The second kappa shape index (κ2) is 9.70.